The van der Waals surface area contributed by atoms with E-state index in [-0.39, 0.29) is 18.1 Å². The summed E-state index contributed by atoms with van der Waals surface area (Å²) in [6, 6.07) is 11.7. The molecule has 0 bridgehead atoms. The van der Waals surface area contributed by atoms with E-state index in [1.54, 1.807) is 22.1 Å². The van der Waals surface area contributed by atoms with Gasteiger partial charge in [-0.25, -0.2) is 13.6 Å². The second-order valence-electron chi connectivity index (χ2n) is 8.73. The predicted octanol–water partition coefficient (Wildman–Crippen LogP) is 4.26. The number of nitrogens with zero attached hydrogens (tertiary/aromatic N) is 4. The molecule has 0 radical (unpaired) electrons. The summed E-state index contributed by atoms with van der Waals surface area (Å²) < 4.78 is 28.3. The Bertz CT molecular complexity index is 1110. The lowest BCUT2D eigenvalue weighted by Crippen LogP contribution is -2.53. The molecule has 6 nitrogen and oxygen atoms in total. The van der Waals surface area contributed by atoms with Crippen LogP contribution < -0.4 is 4.90 Å². The summed E-state index contributed by atoms with van der Waals surface area (Å²) in [5, 5.41) is 6.78. The Kier molecular flexibility index (Phi) is 5.17. The molecule has 0 unspecified atom stereocenters. The van der Waals surface area contributed by atoms with Gasteiger partial charge in [-0.3, -0.25) is 10.00 Å². The fourth-order valence-electron chi connectivity index (χ4n) is 4.78. The minimum atomic E-state index is -0.890. The fraction of sp³-hybridized carbons (Fsp3) is 0.333. The number of carbonyl (C=O) groups is 1. The number of aromatic amines is 1. The SMILES string of the molecule is CN1CCC2(CC1)CN(c1ccc(-c3cn[nH]c3)cc1)C(=O)N2Cc1cccc(F)c1F. The van der Waals surface area contributed by atoms with Crippen molar-refractivity contribution >= 4 is 11.7 Å². The Labute approximate surface area is 185 Å². The van der Waals surface area contributed by atoms with Gasteiger partial charge >= 0.3 is 6.03 Å². The van der Waals surface area contributed by atoms with Crippen LogP contribution in [0.1, 0.15) is 18.4 Å². The second kappa shape index (κ2) is 8.02. The monoisotopic (exact) mass is 437 g/mol. The molecule has 0 aliphatic carbocycles. The molecule has 2 amide bonds. The lowest BCUT2D eigenvalue weighted by molar-refractivity contribution is 0.0817. The van der Waals surface area contributed by atoms with Crippen LogP contribution in [0.5, 0.6) is 0 Å². The van der Waals surface area contributed by atoms with Crippen molar-refractivity contribution in [1.82, 2.24) is 20.0 Å². The van der Waals surface area contributed by atoms with Gasteiger partial charge in [0.2, 0.25) is 0 Å². The van der Waals surface area contributed by atoms with Gasteiger partial charge in [0.05, 0.1) is 24.8 Å². The van der Waals surface area contributed by atoms with Crippen molar-refractivity contribution in [3.8, 4) is 11.1 Å². The number of hydrogen-bond donors (Lipinski definition) is 1. The first-order valence-electron chi connectivity index (χ1n) is 10.8. The molecule has 5 rings (SSSR count). The number of halogens is 2. The third-order valence-corrected chi connectivity index (χ3v) is 6.78. The molecule has 0 saturated carbocycles. The number of amides is 2. The molecule has 32 heavy (non-hydrogen) atoms. The van der Waals surface area contributed by atoms with Crippen molar-refractivity contribution in [3.63, 3.8) is 0 Å². The summed E-state index contributed by atoms with van der Waals surface area (Å²) in [6.45, 7) is 2.28. The Morgan fingerprint density at radius 2 is 1.81 bits per heavy atom. The lowest BCUT2D eigenvalue weighted by atomic mass is 9.86. The van der Waals surface area contributed by atoms with Gasteiger partial charge in [-0.2, -0.15) is 5.10 Å². The average molecular weight is 437 g/mol. The zero-order chi connectivity index (χ0) is 22.3. The van der Waals surface area contributed by atoms with E-state index in [0.717, 1.165) is 48.8 Å². The van der Waals surface area contributed by atoms with E-state index < -0.39 is 17.2 Å². The minimum absolute atomic E-state index is 0.0513. The first-order chi connectivity index (χ1) is 15.5. The fourth-order valence-corrected chi connectivity index (χ4v) is 4.78. The predicted molar refractivity (Wildman–Crippen MR) is 118 cm³/mol. The molecule has 1 aromatic heterocycles. The summed E-state index contributed by atoms with van der Waals surface area (Å²) in [6.07, 6.45) is 5.14. The number of hydrogen-bond acceptors (Lipinski definition) is 3. The highest BCUT2D eigenvalue weighted by atomic mass is 19.2. The van der Waals surface area contributed by atoms with Gasteiger partial charge < -0.3 is 9.80 Å². The van der Waals surface area contributed by atoms with Crippen LogP contribution in [-0.2, 0) is 6.54 Å². The van der Waals surface area contributed by atoms with Crippen molar-refractivity contribution in [2.24, 2.45) is 0 Å². The molecule has 2 aliphatic heterocycles. The van der Waals surface area contributed by atoms with Crippen molar-refractivity contribution in [3.05, 3.63) is 72.1 Å². The maximum absolute atomic E-state index is 14.5. The van der Waals surface area contributed by atoms with Crippen molar-refractivity contribution in [2.75, 3.05) is 31.6 Å². The Balaban J connectivity index is 1.46. The van der Waals surface area contributed by atoms with Crippen LogP contribution in [0, 0.1) is 11.6 Å². The molecule has 2 aliphatic rings. The van der Waals surface area contributed by atoms with Crippen LogP contribution in [0.4, 0.5) is 19.3 Å². The van der Waals surface area contributed by atoms with Gasteiger partial charge in [0, 0.05) is 36.1 Å². The molecule has 1 N–H and O–H groups in total. The lowest BCUT2D eigenvalue weighted by Gasteiger charge is -2.42. The molecule has 2 aromatic carbocycles. The minimum Gasteiger partial charge on any atom is -0.312 e. The van der Waals surface area contributed by atoms with Gasteiger partial charge in [0.25, 0.3) is 0 Å². The first-order valence-corrected chi connectivity index (χ1v) is 10.8. The average Bonchev–Trinajstić information content (AvgIpc) is 3.43. The number of rotatable bonds is 4. The number of anilines is 1. The molecular formula is C24H25F2N5O. The van der Waals surface area contributed by atoms with Gasteiger partial charge in [-0.05, 0) is 43.7 Å². The van der Waals surface area contributed by atoms with E-state index in [0.29, 0.717) is 6.54 Å². The quantitative estimate of drug-likeness (QED) is 0.664. The highest BCUT2D eigenvalue weighted by molar-refractivity contribution is 5.95. The summed E-state index contributed by atoms with van der Waals surface area (Å²) in [4.78, 5) is 19.3. The zero-order valence-corrected chi connectivity index (χ0v) is 17.9. The molecule has 1 spiro atoms. The summed E-state index contributed by atoms with van der Waals surface area (Å²) in [5.74, 6) is -1.77. The van der Waals surface area contributed by atoms with E-state index in [9.17, 15) is 13.6 Å². The van der Waals surface area contributed by atoms with Crippen LogP contribution in [-0.4, -0.2) is 58.2 Å². The second-order valence-corrected chi connectivity index (χ2v) is 8.73. The summed E-state index contributed by atoms with van der Waals surface area (Å²) in [5.41, 5.74) is 2.56. The normalized spacial score (nSPS) is 18.7. The molecule has 3 heterocycles. The van der Waals surface area contributed by atoms with Crippen molar-refractivity contribution in [2.45, 2.75) is 24.9 Å². The van der Waals surface area contributed by atoms with Gasteiger partial charge in [0.15, 0.2) is 11.6 Å². The van der Waals surface area contributed by atoms with Crippen LogP contribution in [0.2, 0.25) is 0 Å². The molecule has 166 valence electrons. The van der Waals surface area contributed by atoms with Crippen LogP contribution in [0.15, 0.2) is 54.9 Å². The number of piperidine rings is 1. The Morgan fingerprint density at radius 3 is 2.50 bits per heavy atom. The smallest absolute Gasteiger partial charge is 0.312 e. The van der Waals surface area contributed by atoms with E-state index in [4.69, 9.17) is 0 Å². The van der Waals surface area contributed by atoms with Gasteiger partial charge in [-0.15, -0.1) is 0 Å². The molecular weight excluding hydrogens is 412 g/mol. The Hall–Kier alpha value is -3.26. The molecule has 8 heteroatoms. The van der Waals surface area contributed by atoms with E-state index >= 15 is 0 Å². The van der Waals surface area contributed by atoms with Gasteiger partial charge in [0.1, 0.15) is 0 Å². The Morgan fingerprint density at radius 1 is 1.06 bits per heavy atom. The van der Waals surface area contributed by atoms with Crippen LogP contribution >= 0.6 is 0 Å². The van der Waals surface area contributed by atoms with Crippen LogP contribution in [0.25, 0.3) is 11.1 Å². The molecule has 2 fully saturated rings. The van der Waals surface area contributed by atoms with E-state index in [1.807, 2.05) is 30.5 Å². The van der Waals surface area contributed by atoms with Crippen LogP contribution in [0.3, 0.4) is 0 Å². The topological polar surface area (TPSA) is 55.5 Å². The highest BCUT2D eigenvalue weighted by Crippen LogP contribution is 2.39. The van der Waals surface area contributed by atoms with E-state index in [2.05, 4.69) is 22.1 Å². The number of H-pyrrole nitrogens is 1. The number of nitrogens with one attached hydrogen (secondary N) is 1. The molecule has 0 atom stereocenters. The maximum Gasteiger partial charge on any atom is 0.325 e. The molecule has 2 saturated heterocycles. The number of likely N-dealkylation sites (tertiary alicyclic amines) is 1. The number of aromatic nitrogens is 2. The third kappa shape index (κ3) is 3.54. The highest BCUT2D eigenvalue weighted by Gasteiger charge is 2.51. The van der Waals surface area contributed by atoms with E-state index in [1.165, 1.54) is 6.07 Å². The number of carbonyl (C=O) groups excluding carboxylic acids is 1. The molecule has 3 aromatic rings. The maximum atomic E-state index is 14.5. The third-order valence-electron chi connectivity index (χ3n) is 6.78. The standard InChI is InChI=1S/C24H25F2N5O/c1-29-11-9-24(10-12-29)16-30(20-7-5-17(6-8-20)19-13-27-28-14-19)23(32)31(24)15-18-3-2-4-21(25)22(18)26/h2-8,13-14H,9-12,15-16H2,1H3,(H,27,28). The van der Waals surface area contributed by atoms with Gasteiger partial charge in [-0.1, -0.05) is 24.3 Å². The zero-order valence-electron chi connectivity index (χ0n) is 17.9. The first kappa shape index (κ1) is 20.6. The summed E-state index contributed by atoms with van der Waals surface area (Å²) >= 11 is 0. The number of urea groups is 1. The summed E-state index contributed by atoms with van der Waals surface area (Å²) in [7, 11) is 2.06. The van der Waals surface area contributed by atoms with Crippen molar-refractivity contribution in [1.29, 1.82) is 0 Å². The van der Waals surface area contributed by atoms with Crippen molar-refractivity contribution < 1.29 is 13.6 Å². The number of benzene rings is 2. The largest absolute Gasteiger partial charge is 0.325 e.